The van der Waals surface area contributed by atoms with Crippen LogP contribution in [0.2, 0.25) is 0 Å². The summed E-state index contributed by atoms with van der Waals surface area (Å²) >= 11 is 0. The molecule has 2 bridgehead atoms. The van der Waals surface area contributed by atoms with Gasteiger partial charge < -0.3 is 30.5 Å². The zero-order valence-corrected chi connectivity index (χ0v) is 26.7. The van der Waals surface area contributed by atoms with Gasteiger partial charge >= 0.3 is 0 Å². The monoisotopic (exact) mass is 645 g/mol. The Hall–Kier alpha value is -4.59. The Bertz CT molecular complexity index is 1480. The highest BCUT2D eigenvalue weighted by Gasteiger charge is 2.30. The van der Waals surface area contributed by atoms with Gasteiger partial charge in [-0.05, 0) is 18.1 Å². The minimum Gasteiger partial charge on any atom is -0.379 e. The van der Waals surface area contributed by atoms with Crippen LogP contribution in [0.5, 0.6) is 0 Å². The van der Waals surface area contributed by atoms with Crippen molar-refractivity contribution in [2.24, 2.45) is 0 Å². The third kappa shape index (κ3) is 10.2. The van der Waals surface area contributed by atoms with Crippen LogP contribution in [0.15, 0.2) is 71.3 Å². The van der Waals surface area contributed by atoms with Gasteiger partial charge in [0.15, 0.2) is 11.5 Å². The second-order valence-electron chi connectivity index (χ2n) is 11.9. The van der Waals surface area contributed by atoms with E-state index in [-0.39, 0.29) is 24.4 Å². The van der Waals surface area contributed by atoms with Gasteiger partial charge in [-0.3, -0.25) is 29.0 Å². The van der Waals surface area contributed by atoms with Gasteiger partial charge in [0.25, 0.3) is 5.91 Å². The number of aromatic nitrogens is 1. The first kappa shape index (κ1) is 33.8. The van der Waals surface area contributed by atoms with Crippen molar-refractivity contribution in [3.8, 4) is 0 Å². The van der Waals surface area contributed by atoms with E-state index < -0.39 is 35.8 Å². The summed E-state index contributed by atoms with van der Waals surface area (Å²) in [6.45, 7) is 7.23. The van der Waals surface area contributed by atoms with Crippen LogP contribution in [-0.4, -0.2) is 109 Å². The van der Waals surface area contributed by atoms with E-state index in [0.717, 1.165) is 30.8 Å². The number of hydrogen-bond acceptors (Lipinski definition) is 9. The number of morpholine rings is 1. The van der Waals surface area contributed by atoms with Gasteiger partial charge in [0.2, 0.25) is 17.7 Å². The maximum atomic E-state index is 13.8. The van der Waals surface area contributed by atoms with Gasteiger partial charge in [0.05, 0.1) is 19.8 Å². The first-order valence-corrected chi connectivity index (χ1v) is 16.1. The largest absolute Gasteiger partial charge is 0.379 e. The summed E-state index contributed by atoms with van der Waals surface area (Å²) in [7, 11) is 0. The number of nitrogens with zero attached hydrogens (tertiary/aromatic N) is 3. The van der Waals surface area contributed by atoms with E-state index >= 15 is 0 Å². The Morgan fingerprint density at radius 2 is 1.34 bits per heavy atom. The molecule has 3 heterocycles. The molecule has 3 aromatic rings. The number of carbonyl (C=O) groups excluding carboxylic acids is 4. The van der Waals surface area contributed by atoms with Gasteiger partial charge in [-0.2, -0.15) is 0 Å². The summed E-state index contributed by atoms with van der Waals surface area (Å²) < 4.78 is 11.0. The summed E-state index contributed by atoms with van der Waals surface area (Å²) in [5.74, 6) is -1.48. The number of amides is 4. The lowest BCUT2D eigenvalue weighted by Crippen LogP contribution is -2.57. The van der Waals surface area contributed by atoms with Gasteiger partial charge in [0.1, 0.15) is 18.1 Å². The van der Waals surface area contributed by atoms with Crippen molar-refractivity contribution in [1.29, 1.82) is 0 Å². The van der Waals surface area contributed by atoms with Gasteiger partial charge in [-0.25, -0.2) is 0 Å². The number of benzene rings is 2. The quantitative estimate of drug-likeness (QED) is 0.287. The maximum Gasteiger partial charge on any atom is 0.274 e. The van der Waals surface area contributed by atoms with E-state index in [1.807, 2.05) is 60.7 Å². The molecule has 1 aromatic heterocycles. The highest BCUT2D eigenvalue weighted by Crippen LogP contribution is 2.11. The van der Waals surface area contributed by atoms with E-state index in [9.17, 15) is 19.2 Å². The van der Waals surface area contributed by atoms with E-state index in [1.54, 1.807) is 6.07 Å². The molecule has 3 atom stereocenters. The predicted molar refractivity (Wildman–Crippen MR) is 173 cm³/mol. The highest BCUT2D eigenvalue weighted by molar-refractivity contribution is 5.97. The number of hydrogen-bond donors (Lipinski definition) is 4. The topological polar surface area (TPSA) is 158 Å². The van der Waals surface area contributed by atoms with Crippen LogP contribution in [-0.2, 0) is 38.5 Å². The van der Waals surface area contributed by atoms with E-state index in [4.69, 9.17) is 9.26 Å². The normalized spacial score (nSPS) is 22.7. The molecule has 2 aliphatic rings. The zero-order valence-electron chi connectivity index (χ0n) is 26.7. The number of fused-ring (bicyclic) bond motifs is 2. The van der Waals surface area contributed by atoms with Crippen molar-refractivity contribution in [3.63, 3.8) is 0 Å². The average molecular weight is 646 g/mol. The molecule has 4 N–H and O–H groups in total. The summed E-state index contributed by atoms with van der Waals surface area (Å²) in [5, 5.41) is 15.3. The number of ether oxygens (including phenoxy) is 1. The summed E-state index contributed by atoms with van der Waals surface area (Å²) in [5.41, 5.74) is 1.75. The van der Waals surface area contributed by atoms with Crippen molar-refractivity contribution in [3.05, 3.63) is 89.3 Å². The Balaban J connectivity index is 1.38. The maximum absolute atomic E-state index is 13.8. The third-order valence-corrected chi connectivity index (χ3v) is 8.31. The van der Waals surface area contributed by atoms with E-state index in [0.29, 0.717) is 45.2 Å². The molecule has 13 nitrogen and oxygen atoms in total. The molecule has 47 heavy (non-hydrogen) atoms. The second kappa shape index (κ2) is 16.8. The SMILES string of the molecule is C[C@@H]1NC(=O)c2cc(on2)CN(CCN2CCOCC2)CCNC(=O)[C@@H](Cc2ccccc2)NC(=O)[C@H](Cc2ccccc2)NC1=O. The van der Waals surface area contributed by atoms with E-state index in [1.165, 1.54) is 6.92 Å². The molecule has 2 aromatic carbocycles. The summed E-state index contributed by atoms with van der Waals surface area (Å²) in [4.78, 5) is 58.2. The standard InChI is InChI=1S/C34H43N7O6/c1-24-31(42)37-29(21-26-10-6-3-7-11-26)33(44)38-28(20-25-8-4-2-5-9-25)32(43)35-12-13-41(15-14-40-16-18-46-19-17-40)23-27-22-30(39-47-27)34(45)36-24/h2-11,22,24,28-29H,12-21,23H2,1H3,(H,35,43)(H,36,45)(H,37,42)(H,38,44)/t24-,28+,29-/m0/s1. The molecule has 0 spiro atoms. The van der Waals surface area contributed by atoms with Crippen LogP contribution >= 0.6 is 0 Å². The molecule has 4 amide bonds. The fourth-order valence-corrected chi connectivity index (χ4v) is 5.58. The summed E-state index contributed by atoms with van der Waals surface area (Å²) in [6, 6.07) is 17.4. The first-order chi connectivity index (χ1) is 22.8. The molecule has 0 unspecified atom stereocenters. The smallest absolute Gasteiger partial charge is 0.274 e. The molecule has 1 fully saturated rings. The molecule has 250 valence electrons. The van der Waals surface area contributed by atoms with Crippen molar-refractivity contribution in [2.45, 2.75) is 44.4 Å². The lowest BCUT2D eigenvalue weighted by molar-refractivity contribution is -0.132. The number of carbonyl (C=O) groups is 4. The fraction of sp³-hybridized carbons (Fsp3) is 0.441. The number of nitrogens with one attached hydrogen (secondary N) is 4. The van der Waals surface area contributed by atoms with E-state index in [2.05, 4.69) is 36.2 Å². The van der Waals surface area contributed by atoms with Crippen molar-refractivity contribution in [1.82, 2.24) is 36.2 Å². The Labute approximate surface area is 274 Å². The molecule has 0 aliphatic carbocycles. The lowest BCUT2D eigenvalue weighted by atomic mass is 10.0. The molecule has 0 saturated carbocycles. The molecule has 0 radical (unpaired) electrons. The van der Waals surface area contributed by atoms with Crippen LogP contribution in [0.25, 0.3) is 0 Å². The molecule has 13 heteroatoms. The fourth-order valence-electron chi connectivity index (χ4n) is 5.58. The molecular formula is C34H43N7O6. The van der Waals surface area contributed by atoms with Crippen molar-refractivity contribution < 1.29 is 28.4 Å². The van der Waals surface area contributed by atoms with Crippen LogP contribution in [0.3, 0.4) is 0 Å². The Kier molecular flexibility index (Phi) is 12.1. The van der Waals surface area contributed by atoms with Gasteiger partial charge in [-0.1, -0.05) is 65.8 Å². The Morgan fingerprint density at radius 1 is 0.745 bits per heavy atom. The molecule has 5 rings (SSSR count). The van der Waals surface area contributed by atoms with Gasteiger partial charge in [-0.15, -0.1) is 0 Å². The minimum absolute atomic E-state index is 0.0459. The minimum atomic E-state index is -1.01. The average Bonchev–Trinajstić information content (AvgIpc) is 3.56. The van der Waals surface area contributed by atoms with Crippen LogP contribution in [0, 0.1) is 0 Å². The molecular weight excluding hydrogens is 602 g/mol. The van der Waals surface area contributed by atoms with Crippen LogP contribution < -0.4 is 21.3 Å². The van der Waals surface area contributed by atoms with Crippen molar-refractivity contribution >= 4 is 23.6 Å². The highest BCUT2D eigenvalue weighted by atomic mass is 16.5. The van der Waals surface area contributed by atoms with Crippen LogP contribution in [0.1, 0.15) is 34.3 Å². The first-order valence-electron chi connectivity index (χ1n) is 16.1. The lowest BCUT2D eigenvalue weighted by Gasteiger charge is -2.30. The Morgan fingerprint density at radius 3 is 2.00 bits per heavy atom. The molecule has 1 saturated heterocycles. The second-order valence-corrected chi connectivity index (χ2v) is 11.9. The van der Waals surface area contributed by atoms with Crippen LogP contribution in [0.4, 0.5) is 0 Å². The molecule has 2 aliphatic heterocycles. The van der Waals surface area contributed by atoms with Crippen molar-refractivity contribution in [2.75, 3.05) is 52.5 Å². The third-order valence-electron chi connectivity index (χ3n) is 8.31. The summed E-state index contributed by atoms with van der Waals surface area (Å²) in [6.07, 6.45) is 0.446. The number of rotatable bonds is 7. The predicted octanol–water partition coefficient (Wildman–Crippen LogP) is 0.512. The van der Waals surface area contributed by atoms with Gasteiger partial charge in [0, 0.05) is 58.2 Å². The zero-order chi connectivity index (χ0) is 33.0.